The fraction of sp³-hybridized carbons (Fsp3) is 0.333. The average molecular weight is 818 g/mol. The van der Waals surface area contributed by atoms with Crippen LogP contribution in [0, 0.1) is 0 Å². The van der Waals surface area contributed by atoms with Crippen molar-refractivity contribution in [1.29, 1.82) is 0 Å². The van der Waals surface area contributed by atoms with Gasteiger partial charge in [-0.15, -0.1) is 4.33 Å². The minimum Gasteiger partial charge on any atom is -0.506 e. The Morgan fingerprint density at radius 2 is 1.39 bits per heavy atom. The maximum atomic E-state index is 14.1. The van der Waals surface area contributed by atoms with E-state index < -0.39 is 87.8 Å². The zero-order valence-electron chi connectivity index (χ0n) is 29.4. The van der Waals surface area contributed by atoms with Crippen molar-refractivity contribution in [1.82, 2.24) is 0 Å². The van der Waals surface area contributed by atoms with Gasteiger partial charge in [-0.3, -0.25) is 28.5 Å². The Hall–Kier alpha value is -5.38. The first-order valence-corrected chi connectivity index (χ1v) is 19.4. The van der Waals surface area contributed by atoms with Crippen LogP contribution in [0.4, 0.5) is 11.4 Å². The van der Waals surface area contributed by atoms with Gasteiger partial charge < -0.3 is 30.4 Å². The number of aliphatic carboxylic acids is 4. The minimum atomic E-state index is -4.44. The van der Waals surface area contributed by atoms with E-state index in [-0.39, 0.29) is 53.4 Å². The Balaban J connectivity index is 1.71. The number of hydrogen-bond acceptors (Lipinski definition) is 13. The van der Waals surface area contributed by atoms with Crippen molar-refractivity contribution >= 4 is 68.9 Å². The molecular weight excluding hydrogens is 781 g/mol. The quantitative estimate of drug-likeness (QED) is 0.0191. The number of allylic oxidation sites excluding steroid dienone is 5. The molecule has 0 unspecified atom stereocenters. The molecule has 0 radical (unpaired) electrons. The molecule has 3 aliphatic rings. The summed E-state index contributed by atoms with van der Waals surface area (Å²) in [4.78, 5) is 65.0. The lowest BCUT2D eigenvalue weighted by Crippen LogP contribution is -2.40. The summed E-state index contributed by atoms with van der Waals surface area (Å²) >= 11 is 0.755. The molecule has 18 nitrogen and oxygen atoms in total. The number of nitrogens with zero attached hydrogens (tertiary/aromatic N) is 2. The highest BCUT2D eigenvalue weighted by Crippen LogP contribution is 2.53. The second-order valence-electron chi connectivity index (χ2n) is 13.3. The van der Waals surface area contributed by atoms with Gasteiger partial charge in [-0.1, -0.05) is 41.4 Å². The Labute approximate surface area is 323 Å². The molecule has 0 aromatic heterocycles. The summed E-state index contributed by atoms with van der Waals surface area (Å²) in [5.41, 5.74) is -2.89. The van der Waals surface area contributed by atoms with Crippen LogP contribution in [0.15, 0.2) is 83.3 Å². The molecule has 0 saturated heterocycles. The minimum absolute atomic E-state index is 0.0481. The van der Waals surface area contributed by atoms with Crippen LogP contribution in [0.25, 0.3) is 0 Å². The molecule has 298 valence electrons. The summed E-state index contributed by atoms with van der Waals surface area (Å²) in [6.45, 7) is -0.0570. The van der Waals surface area contributed by atoms with Crippen molar-refractivity contribution in [2.75, 3.05) is 29.5 Å². The van der Waals surface area contributed by atoms with E-state index in [1.807, 2.05) is 0 Å². The number of benzene rings is 2. The molecule has 0 bridgehead atoms. The van der Waals surface area contributed by atoms with Crippen LogP contribution in [-0.2, 0) is 54.3 Å². The molecule has 0 fully saturated rings. The van der Waals surface area contributed by atoms with E-state index in [4.69, 9.17) is 5.26 Å². The van der Waals surface area contributed by atoms with E-state index in [1.165, 1.54) is 17.0 Å². The molecule has 2 heterocycles. The van der Waals surface area contributed by atoms with Crippen LogP contribution in [0.5, 0.6) is 0 Å². The van der Waals surface area contributed by atoms with Crippen molar-refractivity contribution in [3.8, 4) is 0 Å². The lowest BCUT2D eigenvalue weighted by Gasteiger charge is -2.33. The predicted molar refractivity (Wildman–Crippen MR) is 196 cm³/mol. The third kappa shape index (κ3) is 8.39. The molecule has 2 aromatic carbocycles. The number of carbonyl (C=O) groups excluding carboxylic acids is 1. The molecule has 7 N–H and O–H groups in total. The van der Waals surface area contributed by atoms with Gasteiger partial charge in [0, 0.05) is 59.9 Å². The number of anilines is 1. The fourth-order valence-electron chi connectivity index (χ4n) is 7.82. The highest BCUT2D eigenvalue weighted by atomic mass is 32.2. The smallest absolute Gasteiger partial charge is 0.304 e. The molecule has 5 rings (SSSR count). The number of rotatable bonds is 20. The topological polar surface area (TPSA) is 286 Å². The van der Waals surface area contributed by atoms with E-state index in [0.29, 0.717) is 23.4 Å². The monoisotopic (exact) mass is 817 g/mol. The van der Waals surface area contributed by atoms with Crippen molar-refractivity contribution in [3.63, 3.8) is 0 Å². The number of carboxylic acid groups (broad SMARTS) is 4. The van der Waals surface area contributed by atoms with Crippen molar-refractivity contribution in [2.45, 2.75) is 49.4 Å². The Morgan fingerprint density at radius 3 is 1.96 bits per heavy atom. The van der Waals surface area contributed by atoms with Gasteiger partial charge in [0.25, 0.3) is 10.1 Å². The number of hydrogen-bond donors (Lipinski definition) is 7. The third-order valence-electron chi connectivity index (χ3n) is 9.83. The molecule has 0 atom stereocenters. The summed E-state index contributed by atoms with van der Waals surface area (Å²) in [5, 5.41) is 63.9. The molecule has 1 aliphatic carbocycles. The standard InChI is InChI=1S/C36H36N2O16S2/c39-29(40)17-35(18-30(41)42)23-7-1-3-9-25(23)37(11-5-13-55-54-53-49)27(35)15-21-33(47)22(34(21)48)16-28-36(19-31(43)44,20-32(45)46)24-8-2-4-10-26(24)38(28)12-6-14-56(50,51)52/h1-4,7-10,15-16H,5-6,11-14,17-20H2,(H6-,39,40,41,42,43,44,45,46,47,48,49,50,51,52)/p+1. The fourth-order valence-corrected chi connectivity index (χ4v) is 8.67. The van der Waals surface area contributed by atoms with Gasteiger partial charge in [0.15, 0.2) is 5.71 Å². The molecular formula is C36H37N2O16S2+. The van der Waals surface area contributed by atoms with E-state index in [0.717, 1.165) is 18.1 Å². The largest absolute Gasteiger partial charge is 0.506 e. The average Bonchev–Trinajstić information content (AvgIpc) is 3.49. The number of Topliss-reactive ketones (excluding diaryl/α,β-unsaturated/α-hetero) is 1. The Bertz CT molecular complexity index is 2180. The van der Waals surface area contributed by atoms with Crippen LogP contribution in [0.1, 0.15) is 49.7 Å². The predicted octanol–water partition coefficient (Wildman–Crippen LogP) is 3.62. The van der Waals surface area contributed by atoms with Gasteiger partial charge in [0.2, 0.25) is 11.5 Å². The van der Waals surface area contributed by atoms with Crippen LogP contribution in [-0.4, -0.2) is 108 Å². The second kappa shape index (κ2) is 16.8. The normalized spacial score (nSPS) is 18.3. The molecule has 56 heavy (non-hydrogen) atoms. The number of aliphatic hydroxyl groups excluding tert-OH is 1. The maximum absolute atomic E-state index is 14.1. The van der Waals surface area contributed by atoms with E-state index in [1.54, 1.807) is 47.0 Å². The van der Waals surface area contributed by atoms with E-state index in [2.05, 4.69) is 9.37 Å². The van der Waals surface area contributed by atoms with Gasteiger partial charge in [0.1, 0.15) is 17.7 Å². The Kier molecular flexibility index (Phi) is 12.5. The van der Waals surface area contributed by atoms with Gasteiger partial charge in [-0.2, -0.15) is 13.0 Å². The SMILES string of the molecule is O=C(O)CC1(CC(=O)O)C(=CC2=C(O)C(=CC3=[N+](CCCSOOO)c4ccccc4C3(CC(=O)O)CC(=O)O)C2=O)N(CCCS(=O)(=O)O)c2ccccc21. The van der Waals surface area contributed by atoms with Gasteiger partial charge in [0.05, 0.1) is 48.0 Å². The summed E-state index contributed by atoms with van der Waals surface area (Å²) in [6.07, 6.45) is -0.554. The van der Waals surface area contributed by atoms with Crippen LogP contribution < -0.4 is 4.90 Å². The zero-order chi connectivity index (χ0) is 41.0. The van der Waals surface area contributed by atoms with Gasteiger partial charge in [-0.05, 0) is 24.1 Å². The van der Waals surface area contributed by atoms with Crippen molar-refractivity contribution < 1.29 is 81.7 Å². The number of para-hydroxylation sites is 2. The zero-order valence-corrected chi connectivity index (χ0v) is 31.0. The number of aliphatic hydroxyl groups is 1. The van der Waals surface area contributed by atoms with Gasteiger partial charge in [-0.25, -0.2) is 5.26 Å². The summed E-state index contributed by atoms with van der Waals surface area (Å²) < 4.78 is 38.6. The Morgan fingerprint density at radius 1 is 0.821 bits per heavy atom. The van der Waals surface area contributed by atoms with Crippen molar-refractivity contribution in [2.24, 2.45) is 0 Å². The lowest BCUT2D eigenvalue weighted by molar-refractivity contribution is -0.438. The molecule has 0 saturated carbocycles. The molecule has 0 amide bonds. The highest BCUT2D eigenvalue weighted by Gasteiger charge is 2.55. The highest BCUT2D eigenvalue weighted by molar-refractivity contribution is 7.94. The number of carboxylic acids is 4. The van der Waals surface area contributed by atoms with E-state index in [9.17, 15) is 62.5 Å². The van der Waals surface area contributed by atoms with Gasteiger partial charge >= 0.3 is 23.9 Å². The van der Waals surface area contributed by atoms with Crippen molar-refractivity contribution in [3.05, 3.63) is 94.4 Å². The molecule has 2 aromatic rings. The first kappa shape index (κ1) is 41.8. The lowest BCUT2D eigenvalue weighted by atomic mass is 9.70. The number of fused-ring (bicyclic) bond motifs is 2. The maximum Gasteiger partial charge on any atom is 0.304 e. The molecule has 0 spiro atoms. The van der Waals surface area contributed by atoms with Crippen LogP contribution in [0.2, 0.25) is 0 Å². The van der Waals surface area contributed by atoms with Crippen LogP contribution in [0.3, 0.4) is 0 Å². The van der Waals surface area contributed by atoms with Crippen LogP contribution >= 0.6 is 12.0 Å². The first-order valence-electron chi connectivity index (χ1n) is 16.9. The summed E-state index contributed by atoms with van der Waals surface area (Å²) in [6, 6.07) is 12.7. The summed E-state index contributed by atoms with van der Waals surface area (Å²) in [7, 11) is -4.44. The van der Waals surface area contributed by atoms with E-state index >= 15 is 0 Å². The second-order valence-corrected chi connectivity index (χ2v) is 15.7. The molecule has 20 heteroatoms. The summed E-state index contributed by atoms with van der Waals surface area (Å²) in [5.74, 6) is -7.41. The third-order valence-corrected chi connectivity index (χ3v) is 11.2. The molecule has 2 aliphatic heterocycles. The number of carbonyl (C=O) groups is 5. The number of ketones is 1. The first-order chi connectivity index (χ1) is 26.5.